The average Bonchev–Trinajstić information content (AvgIpc) is 3.10. The van der Waals surface area contributed by atoms with Gasteiger partial charge in [-0.2, -0.15) is 4.31 Å². The van der Waals surface area contributed by atoms with Crippen molar-refractivity contribution in [3.63, 3.8) is 0 Å². The molecule has 0 saturated carbocycles. The van der Waals surface area contributed by atoms with Crippen LogP contribution >= 0.6 is 27.3 Å². The van der Waals surface area contributed by atoms with Gasteiger partial charge in [-0.15, -0.1) is 11.3 Å². The largest absolute Gasteiger partial charge is 0.293 e. The lowest BCUT2D eigenvalue weighted by molar-refractivity contribution is 0.178. The number of thiophene rings is 1. The molecule has 1 fully saturated rings. The smallest absolute Gasteiger partial charge is 0.252 e. The van der Waals surface area contributed by atoms with Crippen molar-refractivity contribution in [2.75, 3.05) is 26.2 Å². The van der Waals surface area contributed by atoms with E-state index >= 15 is 0 Å². The van der Waals surface area contributed by atoms with Gasteiger partial charge in [0.15, 0.2) is 0 Å². The number of para-hydroxylation sites is 1. The molecule has 0 bridgehead atoms. The Kier molecular flexibility index (Phi) is 5.30. The molecule has 0 aliphatic carbocycles. The van der Waals surface area contributed by atoms with Gasteiger partial charge in [-0.3, -0.25) is 4.90 Å². The minimum absolute atomic E-state index is 0.385. The molecule has 0 unspecified atom stereocenters. The van der Waals surface area contributed by atoms with Gasteiger partial charge in [-0.25, -0.2) is 18.4 Å². The summed E-state index contributed by atoms with van der Waals surface area (Å²) in [5.74, 6) is 0.782. The highest BCUT2D eigenvalue weighted by Gasteiger charge is 2.29. The van der Waals surface area contributed by atoms with Gasteiger partial charge in [0, 0.05) is 37.3 Å². The molecule has 1 saturated heterocycles. The Morgan fingerprint density at radius 1 is 1.07 bits per heavy atom. The molecule has 0 amide bonds. The highest BCUT2D eigenvalue weighted by molar-refractivity contribution is 9.11. The van der Waals surface area contributed by atoms with Gasteiger partial charge >= 0.3 is 0 Å². The second-order valence-corrected chi connectivity index (χ2v) is 11.1. The molecule has 0 atom stereocenters. The Hall–Kier alpha value is -1.39. The van der Waals surface area contributed by atoms with E-state index in [9.17, 15) is 8.42 Å². The number of rotatable bonds is 4. The molecule has 9 heteroatoms. The van der Waals surface area contributed by atoms with Crippen LogP contribution in [0, 0.1) is 6.92 Å². The van der Waals surface area contributed by atoms with Crippen LogP contribution in [0.4, 0.5) is 0 Å². The minimum atomic E-state index is -3.41. The number of nitrogens with zero attached hydrogens (tertiary/aromatic N) is 4. The fourth-order valence-electron chi connectivity index (χ4n) is 3.26. The predicted molar refractivity (Wildman–Crippen MR) is 110 cm³/mol. The summed E-state index contributed by atoms with van der Waals surface area (Å²) >= 11 is 4.58. The number of piperazine rings is 1. The zero-order valence-electron chi connectivity index (χ0n) is 14.8. The summed E-state index contributed by atoms with van der Waals surface area (Å²) in [6.45, 7) is 4.91. The third kappa shape index (κ3) is 3.93. The zero-order valence-corrected chi connectivity index (χ0v) is 18.0. The van der Waals surface area contributed by atoms with Gasteiger partial charge in [0.05, 0.1) is 15.8 Å². The summed E-state index contributed by atoms with van der Waals surface area (Å²) in [5, 5.41) is 1.07. The van der Waals surface area contributed by atoms with E-state index in [0.29, 0.717) is 36.9 Å². The van der Waals surface area contributed by atoms with Crippen molar-refractivity contribution in [2.45, 2.75) is 17.7 Å². The lowest BCUT2D eigenvalue weighted by Gasteiger charge is -2.33. The van der Waals surface area contributed by atoms with Crippen LogP contribution in [0.2, 0.25) is 0 Å². The molecular formula is C18H19BrN4O2S2. The van der Waals surface area contributed by atoms with Gasteiger partial charge in [0.1, 0.15) is 10.0 Å². The van der Waals surface area contributed by atoms with E-state index in [1.165, 1.54) is 11.3 Å². The SMILES string of the molecule is Cc1nc(CN2CCN(S(=O)(=O)c3ccc(Br)s3)CC2)nc2ccccc12. The van der Waals surface area contributed by atoms with Crippen LogP contribution in [0.3, 0.4) is 0 Å². The molecule has 2 aromatic heterocycles. The lowest BCUT2D eigenvalue weighted by atomic mass is 10.2. The summed E-state index contributed by atoms with van der Waals surface area (Å²) in [5.41, 5.74) is 1.92. The molecule has 1 aliphatic heterocycles. The summed E-state index contributed by atoms with van der Waals surface area (Å²) in [4.78, 5) is 11.5. The van der Waals surface area contributed by atoms with Gasteiger partial charge in [-0.1, -0.05) is 18.2 Å². The lowest BCUT2D eigenvalue weighted by Crippen LogP contribution is -2.48. The monoisotopic (exact) mass is 466 g/mol. The molecule has 0 N–H and O–H groups in total. The minimum Gasteiger partial charge on any atom is -0.293 e. The number of aromatic nitrogens is 2. The van der Waals surface area contributed by atoms with Crippen molar-refractivity contribution in [3.05, 3.63) is 51.7 Å². The molecule has 3 heterocycles. The maximum atomic E-state index is 12.7. The van der Waals surface area contributed by atoms with Crippen LogP contribution in [-0.2, 0) is 16.6 Å². The van der Waals surface area contributed by atoms with Crippen LogP contribution in [0.15, 0.2) is 44.4 Å². The molecular weight excluding hydrogens is 448 g/mol. The van der Waals surface area contributed by atoms with E-state index in [2.05, 4.69) is 30.8 Å². The van der Waals surface area contributed by atoms with E-state index in [1.807, 2.05) is 31.2 Å². The normalized spacial score (nSPS) is 16.8. The van der Waals surface area contributed by atoms with Gasteiger partial charge in [0.2, 0.25) is 0 Å². The second-order valence-electron chi connectivity index (χ2n) is 6.48. The molecule has 6 nitrogen and oxygen atoms in total. The highest BCUT2D eigenvalue weighted by Crippen LogP contribution is 2.29. The number of fused-ring (bicyclic) bond motifs is 1. The van der Waals surface area contributed by atoms with Crippen LogP contribution in [0.1, 0.15) is 11.5 Å². The maximum absolute atomic E-state index is 12.7. The van der Waals surface area contributed by atoms with Gasteiger partial charge in [-0.05, 0) is 41.1 Å². The molecule has 142 valence electrons. The first-order valence-electron chi connectivity index (χ1n) is 8.63. The zero-order chi connectivity index (χ0) is 19.0. The summed E-state index contributed by atoms with van der Waals surface area (Å²) in [7, 11) is -3.41. The Labute approximate surface area is 171 Å². The standard InChI is InChI=1S/C18H19BrN4O2S2/c1-13-14-4-2-3-5-15(14)21-17(20-13)12-22-8-10-23(11-9-22)27(24,25)18-7-6-16(19)26-18/h2-7H,8-12H2,1H3. The second kappa shape index (κ2) is 7.56. The van der Waals surface area contributed by atoms with Gasteiger partial charge < -0.3 is 0 Å². The molecule has 0 spiro atoms. The summed E-state index contributed by atoms with van der Waals surface area (Å²) in [6, 6.07) is 11.4. The van der Waals surface area contributed by atoms with Crippen LogP contribution in [0.25, 0.3) is 10.9 Å². The van der Waals surface area contributed by atoms with E-state index in [0.717, 1.165) is 26.2 Å². The Bertz CT molecular complexity index is 1080. The van der Waals surface area contributed by atoms with Crippen LogP contribution in [-0.4, -0.2) is 53.8 Å². The van der Waals surface area contributed by atoms with Gasteiger partial charge in [0.25, 0.3) is 10.0 Å². The predicted octanol–water partition coefficient (Wildman–Crippen LogP) is 3.27. The molecule has 0 radical (unpaired) electrons. The Morgan fingerprint density at radius 3 is 2.52 bits per heavy atom. The van der Waals surface area contributed by atoms with E-state index in [4.69, 9.17) is 0 Å². The van der Waals surface area contributed by atoms with Crippen molar-refractivity contribution in [1.82, 2.24) is 19.2 Å². The van der Waals surface area contributed by atoms with Crippen molar-refractivity contribution in [1.29, 1.82) is 0 Å². The molecule has 1 aliphatic rings. The van der Waals surface area contributed by atoms with Crippen molar-refractivity contribution >= 4 is 48.2 Å². The average molecular weight is 467 g/mol. The quantitative estimate of drug-likeness (QED) is 0.590. The fourth-order valence-corrected chi connectivity index (χ4v) is 6.84. The number of sulfonamides is 1. The van der Waals surface area contributed by atoms with Crippen molar-refractivity contribution < 1.29 is 8.42 Å². The topological polar surface area (TPSA) is 66.4 Å². The molecule has 3 aromatic rings. The van der Waals surface area contributed by atoms with Crippen LogP contribution in [0.5, 0.6) is 0 Å². The van der Waals surface area contributed by atoms with Crippen molar-refractivity contribution in [3.8, 4) is 0 Å². The molecule has 27 heavy (non-hydrogen) atoms. The maximum Gasteiger partial charge on any atom is 0.252 e. The van der Waals surface area contributed by atoms with Crippen molar-refractivity contribution in [2.24, 2.45) is 0 Å². The van der Waals surface area contributed by atoms with Crippen LogP contribution < -0.4 is 0 Å². The third-order valence-corrected chi connectivity index (χ3v) is 8.67. The third-order valence-electron chi connectivity index (χ3n) is 4.68. The number of hydrogen-bond donors (Lipinski definition) is 0. The number of halogens is 1. The van der Waals surface area contributed by atoms with E-state index < -0.39 is 10.0 Å². The Morgan fingerprint density at radius 2 is 1.81 bits per heavy atom. The van der Waals surface area contributed by atoms with E-state index in [-0.39, 0.29) is 0 Å². The first kappa shape index (κ1) is 18.9. The Balaban J connectivity index is 1.44. The number of aryl methyl sites for hydroxylation is 1. The van der Waals surface area contributed by atoms with E-state index in [1.54, 1.807) is 16.4 Å². The number of benzene rings is 1. The summed E-state index contributed by atoms with van der Waals surface area (Å²) in [6.07, 6.45) is 0. The highest BCUT2D eigenvalue weighted by atomic mass is 79.9. The fraction of sp³-hybridized carbons (Fsp3) is 0.333. The first-order valence-corrected chi connectivity index (χ1v) is 11.7. The molecule has 1 aromatic carbocycles. The first-order chi connectivity index (χ1) is 12.9. The summed E-state index contributed by atoms with van der Waals surface area (Å²) < 4.78 is 28.2. The number of hydrogen-bond acceptors (Lipinski definition) is 6. The molecule has 4 rings (SSSR count).